The van der Waals surface area contributed by atoms with Gasteiger partial charge in [-0.3, -0.25) is 9.59 Å². The van der Waals surface area contributed by atoms with Crippen molar-refractivity contribution in [3.8, 4) is 0 Å². The largest absolute Gasteiger partial charge is 0.339 e. The van der Waals surface area contributed by atoms with Gasteiger partial charge in [-0.05, 0) is 49.4 Å². The van der Waals surface area contributed by atoms with Gasteiger partial charge in [-0.15, -0.1) is 0 Å². The number of carbonyl (C=O) groups excluding carboxylic acids is 2. The minimum absolute atomic E-state index is 0.0456. The average molecular weight is 305 g/mol. The first kappa shape index (κ1) is 16.7. The van der Waals surface area contributed by atoms with E-state index in [4.69, 9.17) is 0 Å². The third-order valence-corrected chi connectivity index (χ3v) is 4.32. The number of Topliss-reactive ketones (excluding diaryl/α,β-unsaturated/α-hetero) is 1. The number of halogens is 1. The van der Waals surface area contributed by atoms with Crippen molar-refractivity contribution in [1.82, 2.24) is 4.90 Å². The molecular weight excluding hydrogens is 281 g/mol. The Balaban J connectivity index is 1.80. The first-order valence-electron chi connectivity index (χ1n) is 8.16. The van der Waals surface area contributed by atoms with E-state index in [-0.39, 0.29) is 11.7 Å². The smallest absolute Gasteiger partial charge is 0.253 e. The van der Waals surface area contributed by atoms with Gasteiger partial charge in [-0.2, -0.15) is 0 Å². The van der Waals surface area contributed by atoms with Crippen molar-refractivity contribution in [1.29, 1.82) is 0 Å². The normalized spacial score (nSPS) is 15.8. The summed E-state index contributed by atoms with van der Waals surface area (Å²) in [5, 5.41) is 0. The SMILES string of the molecule is CCCCC(=O)CC1CCN(C(=O)c2ccc(F)cc2)CC1. The molecule has 0 atom stereocenters. The maximum Gasteiger partial charge on any atom is 0.253 e. The lowest BCUT2D eigenvalue weighted by molar-refractivity contribution is -0.120. The second-order valence-electron chi connectivity index (χ2n) is 6.09. The highest BCUT2D eigenvalue weighted by atomic mass is 19.1. The predicted molar refractivity (Wildman–Crippen MR) is 84.2 cm³/mol. The molecule has 1 heterocycles. The lowest BCUT2D eigenvalue weighted by atomic mass is 9.90. The number of amides is 1. The molecule has 0 spiro atoms. The molecule has 120 valence electrons. The van der Waals surface area contributed by atoms with E-state index >= 15 is 0 Å². The molecule has 0 aliphatic carbocycles. The summed E-state index contributed by atoms with van der Waals surface area (Å²) in [6.45, 7) is 3.46. The van der Waals surface area contributed by atoms with E-state index in [1.54, 1.807) is 4.90 Å². The molecule has 0 unspecified atom stereocenters. The molecule has 1 aliphatic heterocycles. The van der Waals surface area contributed by atoms with Crippen LogP contribution in [-0.4, -0.2) is 29.7 Å². The number of hydrogen-bond donors (Lipinski definition) is 0. The molecule has 0 bridgehead atoms. The fourth-order valence-corrected chi connectivity index (χ4v) is 2.91. The average Bonchev–Trinajstić information content (AvgIpc) is 2.54. The van der Waals surface area contributed by atoms with Crippen LogP contribution in [0.5, 0.6) is 0 Å². The highest BCUT2D eigenvalue weighted by Gasteiger charge is 2.24. The van der Waals surface area contributed by atoms with Crippen LogP contribution in [-0.2, 0) is 4.79 Å². The summed E-state index contributed by atoms with van der Waals surface area (Å²) in [6, 6.07) is 5.68. The fraction of sp³-hybridized carbons (Fsp3) is 0.556. The first-order chi connectivity index (χ1) is 10.6. The molecule has 2 rings (SSSR count). The van der Waals surface area contributed by atoms with Crippen molar-refractivity contribution in [3.05, 3.63) is 35.6 Å². The van der Waals surface area contributed by atoms with Gasteiger partial charge in [0.1, 0.15) is 11.6 Å². The summed E-state index contributed by atoms with van der Waals surface area (Å²) in [5.41, 5.74) is 0.527. The summed E-state index contributed by atoms with van der Waals surface area (Å²) in [7, 11) is 0. The molecule has 1 saturated heterocycles. The molecule has 4 heteroatoms. The zero-order valence-corrected chi connectivity index (χ0v) is 13.2. The Labute approximate surface area is 131 Å². The Morgan fingerprint density at radius 1 is 1.18 bits per heavy atom. The number of hydrogen-bond acceptors (Lipinski definition) is 2. The van der Waals surface area contributed by atoms with Crippen LogP contribution < -0.4 is 0 Å². The van der Waals surface area contributed by atoms with Crippen molar-refractivity contribution < 1.29 is 14.0 Å². The van der Waals surface area contributed by atoms with Gasteiger partial charge in [0.05, 0.1) is 0 Å². The molecule has 22 heavy (non-hydrogen) atoms. The Kier molecular flexibility index (Phi) is 6.10. The van der Waals surface area contributed by atoms with Gasteiger partial charge in [0.2, 0.25) is 0 Å². The third kappa shape index (κ3) is 4.65. The van der Waals surface area contributed by atoms with Crippen LogP contribution in [0, 0.1) is 11.7 Å². The van der Waals surface area contributed by atoms with Crippen molar-refractivity contribution in [2.45, 2.75) is 45.4 Å². The van der Waals surface area contributed by atoms with Gasteiger partial charge in [0.15, 0.2) is 0 Å². The number of likely N-dealkylation sites (tertiary alicyclic amines) is 1. The van der Waals surface area contributed by atoms with Crippen LogP contribution in [0.1, 0.15) is 55.8 Å². The highest BCUT2D eigenvalue weighted by Crippen LogP contribution is 2.23. The number of unbranched alkanes of at least 4 members (excludes halogenated alkanes) is 1. The molecular formula is C18H24FNO2. The number of ketones is 1. The zero-order chi connectivity index (χ0) is 15.9. The van der Waals surface area contributed by atoms with Crippen LogP contribution in [0.3, 0.4) is 0 Å². The third-order valence-electron chi connectivity index (χ3n) is 4.32. The molecule has 0 aromatic heterocycles. The number of piperidine rings is 1. The molecule has 1 aromatic rings. The summed E-state index contributed by atoms with van der Waals surface area (Å²) in [6.07, 6.45) is 5.12. The standard InChI is InChI=1S/C18H24FNO2/c1-2-3-4-17(21)13-14-9-11-20(12-10-14)18(22)15-5-7-16(19)8-6-15/h5-8,14H,2-4,9-13H2,1H3. The lowest BCUT2D eigenvalue weighted by Gasteiger charge is -2.31. The summed E-state index contributed by atoms with van der Waals surface area (Å²) >= 11 is 0. The quantitative estimate of drug-likeness (QED) is 0.801. The van der Waals surface area contributed by atoms with Crippen molar-refractivity contribution in [2.75, 3.05) is 13.1 Å². The Morgan fingerprint density at radius 3 is 2.41 bits per heavy atom. The molecule has 0 N–H and O–H groups in total. The lowest BCUT2D eigenvalue weighted by Crippen LogP contribution is -2.38. The van der Waals surface area contributed by atoms with Crippen LogP contribution >= 0.6 is 0 Å². The van der Waals surface area contributed by atoms with E-state index in [9.17, 15) is 14.0 Å². The van der Waals surface area contributed by atoms with Gasteiger partial charge in [-0.1, -0.05) is 13.3 Å². The van der Waals surface area contributed by atoms with E-state index in [1.165, 1.54) is 24.3 Å². The van der Waals surface area contributed by atoms with Gasteiger partial charge in [0.25, 0.3) is 5.91 Å². The van der Waals surface area contributed by atoms with Gasteiger partial charge in [0, 0.05) is 31.5 Å². The number of benzene rings is 1. The zero-order valence-electron chi connectivity index (χ0n) is 13.2. The minimum atomic E-state index is -0.333. The number of rotatable bonds is 6. The van der Waals surface area contributed by atoms with Gasteiger partial charge >= 0.3 is 0 Å². The van der Waals surface area contributed by atoms with E-state index < -0.39 is 0 Å². The molecule has 1 aromatic carbocycles. The van der Waals surface area contributed by atoms with E-state index in [0.717, 1.165) is 25.7 Å². The van der Waals surface area contributed by atoms with Crippen LogP contribution in [0.2, 0.25) is 0 Å². The summed E-state index contributed by atoms with van der Waals surface area (Å²) in [4.78, 5) is 25.9. The van der Waals surface area contributed by atoms with Gasteiger partial charge < -0.3 is 4.90 Å². The van der Waals surface area contributed by atoms with E-state index in [2.05, 4.69) is 6.92 Å². The number of carbonyl (C=O) groups is 2. The first-order valence-corrected chi connectivity index (χ1v) is 8.16. The topological polar surface area (TPSA) is 37.4 Å². The molecule has 1 fully saturated rings. The Bertz CT molecular complexity index is 504. The fourth-order valence-electron chi connectivity index (χ4n) is 2.91. The predicted octanol–water partition coefficient (Wildman–Crippen LogP) is 3.83. The minimum Gasteiger partial charge on any atom is -0.339 e. The van der Waals surface area contributed by atoms with Crippen molar-refractivity contribution in [2.24, 2.45) is 5.92 Å². The number of nitrogens with zero attached hydrogens (tertiary/aromatic N) is 1. The van der Waals surface area contributed by atoms with Crippen LogP contribution in [0.4, 0.5) is 4.39 Å². The maximum absolute atomic E-state index is 12.9. The second-order valence-corrected chi connectivity index (χ2v) is 6.09. The van der Waals surface area contributed by atoms with Gasteiger partial charge in [-0.25, -0.2) is 4.39 Å². The highest BCUT2D eigenvalue weighted by molar-refractivity contribution is 5.94. The maximum atomic E-state index is 12.9. The van der Waals surface area contributed by atoms with Crippen molar-refractivity contribution in [3.63, 3.8) is 0 Å². The van der Waals surface area contributed by atoms with Crippen molar-refractivity contribution >= 4 is 11.7 Å². The van der Waals surface area contributed by atoms with E-state index in [0.29, 0.717) is 43.2 Å². The van der Waals surface area contributed by atoms with E-state index in [1.807, 2.05) is 0 Å². The molecule has 1 aliphatic rings. The Hall–Kier alpha value is -1.71. The summed E-state index contributed by atoms with van der Waals surface area (Å²) < 4.78 is 12.9. The summed E-state index contributed by atoms with van der Waals surface area (Å²) in [5.74, 6) is 0.378. The monoisotopic (exact) mass is 305 g/mol. The molecule has 0 radical (unpaired) electrons. The second kappa shape index (κ2) is 8.06. The van der Waals surface area contributed by atoms with Crippen LogP contribution in [0.25, 0.3) is 0 Å². The molecule has 1 amide bonds. The molecule has 0 saturated carbocycles. The molecule has 3 nitrogen and oxygen atoms in total. The Morgan fingerprint density at radius 2 is 1.82 bits per heavy atom. The van der Waals surface area contributed by atoms with Crippen LogP contribution in [0.15, 0.2) is 24.3 Å².